The number of fused-ring (bicyclic) bond motifs is 1. The van der Waals surface area contributed by atoms with Gasteiger partial charge in [-0.15, -0.1) is 0 Å². The van der Waals surface area contributed by atoms with Gasteiger partial charge in [0.1, 0.15) is 5.69 Å². The molecule has 0 saturated carbocycles. The monoisotopic (exact) mass is 376 g/mol. The number of para-hydroxylation sites is 1. The van der Waals surface area contributed by atoms with E-state index >= 15 is 0 Å². The third kappa shape index (κ3) is 3.50. The topological polar surface area (TPSA) is 68.1 Å². The summed E-state index contributed by atoms with van der Waals surface area (Å²) in [5.41, 5.74) is 1.74. The molecule has 0 aliphatic heterocycles. The van der Waals surface area contributed by atoms with Crippen molar-refractivity contribution >= 4 is 32.6 Å². The fraction of sp³-hybridized carbons (Fsp3) is 0.100. The number of hydrogen-bond acceptors (Lipinski definition) is 5. The van der Waals surface area contributed by atoms with Crippen molar-refractivity contribution in [2.45, 2.75) is 6.54 Å². The molecule has 0 unspecified atom stereocenters. The molecule has 1 amide bonds. The number of carbonyl (C=O) groups is 1. The smallest absolute Gasteiger partial charge is 0.280 e. The van der Waals surface area contributed by atoms with E-state index in [9.17, 15) is 9.59 Å². The van der Waals surface area contributed by atoms with Crippen LogP contribution >= 0.6 is 11.3 Å². The summed E-state index contributed by atoms with van der Waals surface area (Å²) in [4.78, 5) is 30.9. The Balaban J connectivity index is 1.63. The summed E-state index contributed by atoms with van der Waals surface area (Å²) in [6.07, 6.45) is 0. The second-order valence-corrected chi connectivity index (χ2v) is 7.04. The van der Waals surface area contributed by atoms with Crippen LogP contribution in [0.5, 0.6) is 0 Å². The normalized spacial score (nSPS) is 10.9. The van der Waals surface area contributed by atoms with Gasteiger partial charge in [0.2, 0.25) is 0 Å². The first kappa shape index (κ1) is 17.1. The Hall–Kier alpha value is -3.32. The first-order valence-corrected chi connectivity index (χ1v) is 9.19. The second-order valence-electron chi connectivity index (χ2n) is 6.03. The van der Waals surface area contributed by atoms with Crippen molar-refractivity contribution in [1.29, 1.82) is 0 Å². The van der Waals surface area contributed by atoms with Crippen LogP contribution in [0.15, 0.2) is 71.5 Å². The van der Waals surface area contributed by atoms with Crippen LogP contribution in [-0.2, 0) is 6.54 Å². The average Bonchev–Trinajstić information content (AvgIpc) is 3.13. The Morgan fingerprint density at radius 2 is 1.78 bits per heavy atom. The van der Waals surface area contributed by atoms with E-state index in [1.165, 1.54) is 33.1 Å². The zero-order valence-corrected chi connectivity index (χ0v) is 15.4. The van der Waals surface area contributed by atoms with Crippen molar-refractivity contribution in [3.63, 3.8) is 0 Å². The average molecular weight is 376 g/mol. The van der Waals surface area contributed by atoms with Crippen LogP contribution in [0.2, 0.25) is 0 Å². The Labute approximate surface area is 159 Å². The maximum atomic E-state index is 12.9. The van der Waals surface area contributed by atoms with Crippen molar-refractivity contribution in [3.8, 4) is 0 Å². The Bertz CT molecular complexity index is 1130. The maximum absolute atomic E-state index is 12.9. The summed E-state index contributed by atoms with van der Waals surface area (Å²) in [5.74, 6) is -0.309. The zero-order valence-electron chi connectivity index (χ0n) is 14.6. The summed E-state index contributed by atoms with van der Waals surface area (Å²) in [6.45, 7) is 0.311. The molecular formula is C20H16N4O2S. The third-order valence-electron chi connectivity index (χ3n) is 4.14. The van der Waals surface area contributed by atoms with Crippen LogP contribution in [0.3, 0.4) is 0 Å². The van der Waals surface area contributed by atoms with Gasteiger partial charge in [0.15, 0.2) is 5.13 Å². The Kier molecular flexibility index (Phi) is 4.52. The fourth-order valence-corrected chi connectivity index (χ4v) is 3.62. The van der Waals surface area contributed by atoms with E-state index in [2.05, 4.69) is 10.1 Å². The molecular weight excluding hydrogens is 360 g/mol. The van der Waals surface area contributed by atoms with Gasteiger partial charge in [-0.05, 0) is 23.8 Å². The van der Waals surface area contributed by atoms with Gasteiger partial charge in [0.25, 0.3) is 11.5 Å². The molecule has 2 heterocycles. The van der Waals surface area contributed by atoms with Gasteiger partial charge >= 0.3 is 0 Å². The highest BCUT2D eigenvalue weighted by molar-refractivity contribution is 7.22. The van der Waals surface area contributed by atoms with E-state index in [1.54, 1.807) is 7.05 Å². The first-order chi connectivity index (χ1) is 13.1. The highest BCUT2D eigenvalue weighted by atomic mass is 32.1. The molecule has 7 heteroatoms. The quantitative estimate of drug-likeness (QED) is 0.549. The molecule has 0 spiro atoms. The minimum absolute atomic E-state index is 0.201. The Morgan fingerprint density at radius 1 is 1.04 bits per heavy atom. The molecule has 6 nitrogen and oxygen atoms in total. The standard InChI is InChI=1S/C20H16N4O2S/c1-23(20-21-15-9-5-6-10-17(15)27-20)19(26)16-11-12-18(25)24(22-16)13-14-7-3-2-4-8-14/h2-12H,13H2,1H3. The van der Waals surface area contributed by atoms with Gasteiger partial charge in [0, 0.05) is 13.1 Å². The van der Waals surface area contributed by atoms with E-state index in [0.29, 0.717) is 11.7 Å². The number of benzene rings is 2. The van der Waals surface area contributed by atoms with Crippen molar-refractivity contribution in [2.75, 3.05) is 11.9 Å². The van der Waals surface area contributed by atoms with E-state index in [1.807, 2.05) is 54.6 Å². The number of aromatic nitrogens is 3. The van der Waals surface area contributed by atoms with Crippen molar-refractivity contribution < 1.29 is 4.79 Å². The number of rotatable bonds is 4. The molecule has 2 aromatic heterocycles. The van der Waals surface area contributed by atoms with Gasteiger partial charge < -0.3 is 0 Å². The van der Waals surface area contributed by atoms with Gasteiger partial charge in [0.05, 0.1) is 16.8 Å². The molecule has 0 atom stereocenters. The van der Waals surface area contributed by atoms with Crippen LogP contribution < -0.4 is 10.5 Å². The van der Waals surface area contributed by atoms with E-state index < -0.39 is 0 Å². The van der Waals surface area contributed by atoms with Crippen LogP contribution in [0, 0.1) is 0 Å². The number of amides is 1. The lowest BCUT2D eigenvalue weighted by molar-refractivity contribution is 0.0986. The predicted molar refractivity (Wildman–Crippen MR) is 106 cm³/mol. The van der Waals surface area contributed by atoms with Gasteiger partial charge in [-0.1, -0.05) is 53.8 Å². The molecule has 134 valence electrons. The summed E-state index contributed by atoms with van der Waals surface area (Å²) in [5, 5.41) is 4.84. The largest absolute Gasteiger partial charge is 0.286 e. The van der Waals surface area contributed by atoms with E-state index in [0.717, 1.165) is 15.8 Å². The minimum Gasteiger partial charge on any atom is -0.286 e. The lowest BCUT2D eigenvalue weighted by Gasteiger charge is -2.14. The van der Waals surface area contributed by atoms with Crippen molar-refractivity contribution in [2.24, 2.45) is 0 Å². The molecule has 0 bridgehead atoms. The Morgan fingerprint density at radius 3 is 2.56 bits per heavy atom. The lowest BCUT2D eigenvalue weighted by Crippen LogP contribution is -2.31. The molecule has 0 saturated heterocycles. The molecule has 0 N–H and O–H groups in total. The maximum Gasteiger partial charge on any atom is 0.280 e. The van der Waals surface area contributed by atoms with E-state index in [4.69, 9.17) is 0 Å². The molecule has 0 aliphatic carbocycles. The summed E-state index contributed by atoms with van der Waals surface area (Å²) in [6, 6.07) is 20.1. The molecule has 0 radical (unpaired) electrons. The van der Waals surface area contributed by atoms with Gasteiger partial charge in [-0.3, -0.25) is 14.5 Å². The summed E-state index contributed by atoms with van der Waals surface area (Å²) < 4.78 is 2.31. The fourth-order valence-electron chi connectivity index (χ4n) is 2.69. The van der Waals surface area contributed by atoms with E-state index in [-0.39, 0.29) is 17.2 Å². The predicted octanol–water partition coefficient (Wildman–Crippen LogP) is 3.18. The molecule has 4 aromatic rings. The van der Waals surface area contributed by atoms with Crippen LogP contribution in [-0.4, -0.2) is 27.7 Å². The zero-order chi connectivity index (χ0) is 18.8. The van der Waals surface area contributed by atoms with Crippen LogP contribution in [0.4, 0.5) is 5.13 Å². The molecule has 27 heavy (non-hydrogen) atoms. The number of anilines is 1. The van der Waals surface area contributed by atoms with Gasteiger partial charge in [-0.25, -0.2) is 9.67 Å². The van der Waals surface area contributed by atoms with Crippen molar-refractivity contribution in [3.05, 3.63) is 88.3 Å². The molecule has 4 rings (SSSR count). The molecule has 0 aliphatic rings. The number of nitrogens with zero attached hydrogens (tertiary/aromatic N) is 4. The minimum atomic E-state index is -0.309. The van der Waals surface area contributed by atoms with Gasteiger partial charge in [-0.2, -0.15) is 5.10 Å². The third-order valence-corrected chi connectivity index (χ3v) is 5.25. The summed E-state index contributed by atoms with van der Waals surface area (Å²) in [7, 11) is 1.66. The number of carbonyl (C=O) groups excluding carboxylic acids is 1. The van der Waals surface area contributed by atoms with Crippen LogP contribution in [0.25, 0.3) is 10.2 Å². The summed E-state index contributed by atoms with van der Waals surface area (Å²) >= 11 is 1.44. The number of thiazole rings is 1. The lowest BCUT2D eigenvalue weighted by atomic mass is 10.2. The second kappa shape index (κ2) is 7.13. The molecule has 0 fully saturated rings. The SMILES string of the molecule is CN(C(=O)c1ccc(=O)n(Cc2ccccc2)n1)c1nc2ccccc2s1. The first-order valence-electron chi connectivity index (χ1n) is 8.37. The molecule has 2 aromatic carbocycles. The highest BCUT2D eigenvalue weighted by Crippen LogP contribution is 2.28. The van der Waals surface area contributed by atoms with Crippen molar-refractivity contribution in [1.82, 2.24) is 14.8 Å². The number of hydrogen-bond donors (Lipinski definition) is 0. The highest BCUT2D eigenvalue weighted by Gasteiger charge is 2.19. The van der Waals surface area contributed by atoms with Crippen LogP contribution in [0.1, 0.15) is 16.1 Å².